The van der Waals surface area contributed by atoms with Crippen molar-refractivity contribution in [2.24, 2.45) is 5.84 Å². The van der Waals surface area contributed by atoms with Gasteiger partial charge in [-0.2, -0.15) is 0 Å². The Morgan fingerprint density at radius 1 is 1.15 bits per heavy atom. The van der Waals surface area contributed by atoms with Crippen molar-refractivity contribution < 1.29 is 0 Å². The fraction of sp³-hybridized carbons (Fsp3) is 0.250. The van der Waals surface area contributed by atoms with Crippen molar-refractivity contribution in [1.82, 2.24) is 5.43 Å². The Balaban J connectivity index is 1.92. The number of benzene rings is 1. The number of nitrogens with one attached hydrogen (secondary N) is 1. The first-order valence-corrected chi connectivity index (χ1v) is 8.37. The summed E-state index contributed by atoms with van der Waals surface area (Å²) < 4.78 is 2.71. The maximum atomic E-state index is 5.80. The highest BCUT2D eigenvalue weighted by Crippen LogP contribution is 2.34. The molecular weight excluding hydrogens is 284 g/mol. The number of nitrogens with two attached hydrogens (primary N) is 1. The first-order chi connectivity index (χ1) is 9.69. The summed E-state index contributed by atoms with van der Waals surface area (Å²) in [6, 6.07) is 11.1. The molecule has 1 aromatic carbocycles. The molecule has 3 N–H and O–H groups in total. The van der Waals surface area contributed by atoms with E-state index in [1.807, 2.05) is 11.3 Å². The maximum Gasteiger partial charge on any atom is 0.0594 e. The van der Waals surface area contributed by atoms with E-state index >= 15 is 0 Å². The molecule has 4 heteroatoms. The zero-order chi connectivity index (χ0) is 14.1. The zero-order valence-electron chi connectivity index (χ0n) is 11.6. The average Bonchev–Trinajstić information content (AvgIpc) is 2.99. The number of aryl methyl sites for hydroxylation is 2. The summed E-state index contributed by atoms with van der Waals surface area (Å²) in [5.74, 6) is 5.80. The normalized spacial score (nSPS) is 12.9. The highest BCUT2D eigenvalue weighted by molar-refractivity contribution is 7.26. The van der Waals surface area contributed by atoms with E-state index in [1.165, 1.54) is 31.0 Å². The van der Waals surface area contributed by atoms with Gasteiger partial charge in [0.1, 0.15) is 0 Å². The van der Waals surface area contributed by atoms with E-state index in [0.717, 1.165) is 6.42 Å². The van der Waals surface area contributed by atoms with Crippen LogP contribution in [0.4, 0.5) is 0 Å². The minimum atomic E-state index is 0.180. The molecule has 20 heavy (non-hydrogen) atoms. The van der Waals surface area contributed by atoms with Crippen LogP contribution in [-0.4, -0.2) is 0 Å². The van der Waals surface area contributed by atoms with Crippen molar-refractivity contribution in [2.75, 3.05) is 0 Å². The van der Waals surface area contributed by atoms with Gasteiger partial charge >= 0.3 is 0 Å². The summed E-state index contributed by atoms with van der Waals surface area (Å²) in [5.41, 5.74) is 7.06. The minimum Gasteiger partial charge on any atom is -0.271 e. The monoisotopic (exact) mass is 302 g/mol. The smallest absolute Gasteiger partial charge is 0.0594 e. The molecule has 0 aliphatic heterocycles. The van der Waals surface area contributed by atoms with Crippen LogP contribution in [0.15, 0.2) is 35.7 Å². The summed E-state index contributed by atoms with van der Waals surface area (Å²) in [6.45, 7) is 4.34. The van der Waals surface area contributed by atoms with Crippen LogP contribution in [0.5, 0.6) is 0 Å². The molecule has 0 amide bonds. The Kier molecular flexibility index (Phi) is 3.89. The second-order valence-corrected chi connectivity index (χ2v) is 7.15. The lowest BCUT2D eigenvalue weighted by atomic mass is 9.96. The van der Waals surface area contributed by atoms with Crippen LogP contribution in [0.3, 0.4) is 0 Å². The van der Waals surface area contributed by atoms with E-state index in [0.29, 0.717) is 0 Å². The van der Waals surface area contributed by atoms with E-state index in [9.17, 15) is 0 Å². The van der Waals surface area contributed by atoms with Gasteiger partial charge in [-0.1, -0.05) is 18.2 Å². The van der Waals surface area contributed by atoms with Gasteiger partial charge in [-0.3, -0.25) is 11.3 Å². The lowest BCUT2D eigenvalue weighted by Gasteiger charge is -2.17. The van der Waals surface area contributed by atoms with Gasteiger partial charge in [0.2, 0.25) is 0 Å². The Morgan fingerprint density at radius 3 is 2.55 bits per heavy atom. The Hall–Kier alpha value is -1.20. The maximum absolute atomic E-state index is 5.80. The van der Waals surface area contributed by atoms with E-state index < -0.39 is 0 Å². The highest BCUT2D eigenvalue weighted by atomic mass is 32.1. The molecule has 0 saturated heterocycles. The molecule has 2 aromatic heterocycles. The summed E-state index contributed by atoms with van der Waals surface area (Å²) >= 11 is 3.63. The third-order valence-corrected chi connectivity index (χ3v) is 5.96. The number of hydrazine groups is 1. The van der Waals surface area contributed by atoms with Crippen LogP contribution in [0.2, 0.25) is 0 Å². The number of hydrogen-bond acceptors (Lipinski definition) is 4. The van der Waals surface area contributed by atoms with Crippen molar-refractivity contribution >= 4 is 32.1 Å². The molecule has 104 valence electrons. The van der Waals surface area contributed by atoms with Crippen molar-refractivity contribution in [3.05, 3.63) is 57.3 Å². The van der Waals surface area contributed by atoms with Crippen LogP contribution in [0.1, 0.15) is 27.6 Å². The summed E-state index contributed by atoms with van der Waals surface area (Å²) in [5, 5.41) is 2.14. The van der Waals surface area contributed by atoms with Gasteiger partial charge in [0.15, 0.2) is 0 Å². The molecule has 2 nitrogen and oxygen atoms in total. The molecule has 3 rings (SSSR count). The number of thiophene rings is 2. The molecule has 1 atom stereocenters. The van der Waals surface area contributed by atoms with E-state index in [-0.39, 0.29) is 6.04 Å². The van der Waals surface area contributed by atoms with Crippen LogP contribution in [-0.2, 0) is 6.42 Å². The quantitative estimate of drug-likeness (QED) is 0.556. The largest absolute Gasteiger partial charge is 0.271 e. The number of hydrogen-bond donors (Lipinski definition) is 2. The molecule has 0 fully saturated rings. The molecule has 0 aliphatic carbocycles. The van der Waals surface area contributed by atoms with E-state index in [4.69, 9.17) is 5.84 Å². The van der Waals surface area contributed by atoms with E-state index in [1.54, 1.807) is 11.3 Å². The molecule has 2 heterocycles. The van der Waals surface area contributed by atoms with Gasteiger partial charge in [0.25, 0.3) is 0 Å². The molecule has 0 radical (unpaired) electrons. The second-order valence-electron chi connectivity index (χ2n) is 5.09. The topological polar surface area (TPSA) is 38.0 Å². The summed E-state index contributed by atoms with van der Waals surface area (Å²) in [7, 11) is 0. The van der Waals surface area contributed by atoms with Crippen LogP contribution in [0.25, 0.3) is 9.40 Å². The zero-order valence-corrected chi connectivity index (χ0v) is 13.3. The van der Waals surface area contributed by atoms with Crippen molar-refractivity contribution in [3.8, 4) is 0 Å². The van der Waals surface area contributed by atoms with Gasteiger partial charge in [0.05, 0.1) is 6.04 Å². The van der Waals surface area contributed by atoms with E-state index in [2.05, 4.69) is 55.0 Å². The molecule has 0 aliphatic rings. The number of rotatable bonds is 4. The molecular formula is C16H18N2S2. The first kappa shape index (κ1) is 13.8. The summed E-state index contributed by atoms with van der Waals surface area (Å²) in [6.07, 6.45) is 0.933. The molecule has 3 aromatic rings. The third-order valence-electron chi connectivity index (χ3n) is 3.76. The molecule has 0 saturated carbocycles. The standard InChI is InChI=1S/C16H18N2S2/c1-10-4-3-5-11(2)12(10)8-13(18-17)15-9-16-14(20-15)6-7-19-16/h3-7,9,13,18H,8,17H2,1-2H3. The Labute approximate surface area is 127 Å². The Morgan fingerprint density at radius 2 is 1.90 bits per heavy atom. The van der Waals surface area contributed by atoms with Crippen molar-refractivity contribution in [2.45, 2.75) is 26.3 Å². The molecule has 0 spiro atoms. The lowest BCUT2D eigenvalue weighted by molar-refractivity contribution is 0.558. The second kappa shape index (κ2) is 5.66. The SMILES string of the molecule is Cc1cccc(C)c1CC(NN)c1cc2sccc2s1. The molecule has 0 bridgehead atoms. The fourth-order valence-corrected chi connectivity index (χ4v) is 4.75. The van der Waals surface area contributed by atoms with Gasteiger partial charge in [-0.05, 0) is 54.5 Å². The van der Waals surface area contributed by atoms with Gasteiger partial charge in [-0.25, -0.2) is 0 Å². The lowest BCUT2D eigenvalue weighted by Crippen LogP contribution is -2.29. The van der Waals surface area contributed by atoms with Gasteiger partial charge < -0.3 is 0 Å². The first-order valence-electron chi connectivity index (χ1n) is 6.67. The van der Waals surface area contributed by atoms with Crippen LogP contribution in [0, 0.1) is 13.8 Å². The fourth-order valence-electron chi connectivity index (χ4n) is 2.57. The molecule has 1 unspecified atom stereocenters. The van der Waals surface area contributed by atoms with Gasteiger partial charge in [-0.15, -0.1) is 22.7 Å². The third kappa shape index (κ3) is 2.52. The minimum absolute atomic E-state index is 0.180. The van der Waals surface area contributed by atoms with Crippen LogP contribution >= 0.6 is 22.7 Å². The van der Waals surface area contributed by atoms with Crippen molar-refractivity contribution in [1.29, 1.82) is 0 Å². The van der Waals surface area contributed by atoms with Gasteiger partial charge in [0, 0.05) is 14.3 Å². The average molecular weight is 302 g/mol. The predicted molar refractivity (Wildman–Crippen MR) is 89.4 cm³/mol. The predicted octanol–water partition coefficient (Wildman–Crippen LogP) is 4.33. The number of fused-ring (bicyclic) bond motifs is 1. The van der Waals surface area contributed by atoms with Crippen molar-refractivity contribution in [3.63, 3.8) is 0 Å². The summed E-state index contributed by atoms with van der Waals surface area (Å²) in [4.78, 5) is 1.32. The Bertz CT molecular complexity index is 678. The van der Waals surface area contributed by atoms with Crippen LogP contribution < -0.4 is 11.3 Å². The highest BCUT2D eigenvalue weighted by Gasteiger charge is 2.16.